The van der Waals surface area contributed by atoms with Crippen molar-refractivity contribution in [1.29, 1.82) is 0 Å². The van der Waals surface area contributed by atoms with Crippen molar-refractivity contribution in [3.8, 4) is 0 Å². The van der Waals surface area contributed by atoms with Crippen LogP contribution in [0.15, 0.2) is 48.8 Å². The first-order chi connectivity index (χ1) is 9.27. The summed E-state index contributed by atoms with van der Waals surface area (Å²) < 4.78 is -0.273. The van der Waals surface area contributed by atoms with Gasteiger partial charge in [0.15, 0.2) is 0 Å². The number of nitrogens with zero attached hydrogens (tertiary/aromatic N) is 2. The zero-order chi connectivity index (χ0) is 13.6. The molecular formula is C16H19BrN2. The van der Waals surface area contributed by atoms with Crippen molar-refractivity contribution in [1.82, 2.24) is 9.97 Å². The van der Waals surface area contributed by atoms with Gasteiger partial charge in [-0.1, -0.05) is 54.2 Å². The van der Waals surface area contributed by atoms with Gasteiger partial charge < -0.3 is 0 Å². The van der Waals surface area contributed by atoms with Crippen molar-refractivity contribution in [2.45, 2.75) is 36.9 Å². The Hall–Kier alpha value is -1.22. The van der Waals surface area contributed by atoms with Crippen LogP contribution in [-0.2, 0) is 4.32 Å². The largest absolute Gasteiger partial charge is 0.259 e. The molecule has 0 saturated heterocycles. The van der Waals surface area contributed by atoms with E-state index in [9.17, 15) is 0 Å². The highest BCUT2D eigenvalue weighted by Gasteiger charge is 2.33. The average molecular weight is 319 g/mol. The van der Waals surface area contributed by atoms with E-state index < -0.39 is 0 Å². The van der Waals surface area contributed by atoms with E-state index in [4.69, 9.17) is 0 Å². The van der Waals surface area contributed by atoms with Crippen LogP contribution in [-0.4, -0.2) is 9.97 Å². The van der Waals surface area contributed by atoms with Gasteiger partial charge in [-0.05, 0) is 30.7 Å². The van der Waals surface area contributed by atoms with Gasteiger partial charge in [-0.3, -0.25) is 9.97 Å². The Morgan fingerprint density at radius 2 is 1.53 bits per heavy atom. The highest BCUT2D eigenvalue weighted by molar-refractivity contribution is 9.09. The van der Waals surface area contributed by atoms with E-state index in [1.807, 2.05) is 36.7 Å². The Bertz CT molecular complexity index is 445. The monoisotopic (exact) mass is 318 g/mol. The number of alkyl halides is 1. The maximum atomic E-state index is 4.52. The summed E-state index contributed by atoms with van der Waals surface area (Å²) in [6.07, 6.45) is 8.30. The van der Waals surface area contributed by atoms with Gasteiger partial charge in [-0.15, -0.1) is 0 Å². The second kappa shape index (κ2) is 6.80. The molecule has 0 aliphatic heterocycles. The standard InChI is InChI=1S/C16H19BrN2/c1-2-3-6-11-16(17,14-9-4-7-12-18-14)15-10-5-8-13-19-15/h4-5,7-10,12-13H,2-3,6,11H2,1H3. The first kappa shape index (κ1) is 14.2. The smallest absolute Gasteiger partial charge is 0.109 e. The van der Waals surface area contributed by atoms with Gasteiger partial charge in [0.1, 0.15) is 4.32 Å². The van der Waals surface area contributed by atoms with Crippen molar-refractivity contribution in [3.05, 3.63) is 60.2 Å². The van der Waals surface area contributed by atoms with E-state index in [1.165, 1.54) is 12.8 Å². The van der Waals surface area contributed by atoms with Crippen LogP contribution < -0.4 is 0 Å². The quantitative estimate of drug-likeness (QED) is 0.570. The number of hydrogen-bond acceptors (Lipinski definition) is 2. The molecule has 0 N–H and O–H groups in total. The van der Waals surface area contributed by atoms with Gasteiger partial charge in [0.25, 0.3) is 0 Å². The Morgan fingerprint density at radius 1 is 0.947 bits per heavy atom. The first-order valence-corrected chi connectivity index (χ1v) is 7.58. The predicted molar refractivity (Wildman–Crippen MR) is 82.3 cm³/mol. The Kier molecular flexibility index (Phi) is 5.08. The van der Waals surface area contributed by atoms with Crippen LogP contribution >= 0.6 is 15.9 Å². The maximum absolute atomic E-state index is 4.52. The molecule has 0 aliphatic carbocycles. The van der Waals surface area contributed by atoms with Gasteiger partial charge in [-0.2, -0.15) is 0 Å². The molecule has 0 unspecified atom stereocenters. The number of pyridine rings is 2. The summed E-state index contributed by atoms with van der Waals surface area (Å²) in [7, 11) is 0. The van der Waals surface area contributed by atoms with E-state index in [1.54, 1.807) is 0 Å². The minimum atomic E-state index is -0.273. The molecule has 3 heteroatoms. The molecule has 0 aromatic carbocycles. The highest BCUT2D eigenvalue weighted by Crippen LogP contribution is 2.40. The van der Waals surface area contributed by atoms with Crippen molar-refractivity contribution in [3.63, 3.8) is 0 Å². The number of halogens is 1. The molecule has 2 nitrogen and oxygen atoms in total. The fourth-order valence-electron chi connectivity index (χ4n) is 2.20. The third kappa shape index (κ3) is 3.41. The van der Waals surface area contributed by atoms with E-state index in [-0.39, 0.29) is 4.32 Å². The molecule has 0 spiro atoms. The lowest BCUT2D eigenvalue weighted by atomic mass is 9.93. The lowest BCUT2D eigenvalue weighted by Gasteiger charge is -2.26. The topological polar surface area (TPSA) is 25.8 Å². The molecule has 2 aromatic heterocycles. The Balaban J connectivity index is 2.33. The molecule has 100 valence electrons. The summed E-state index contributed by atoms with van der Waals surface area (Å²) in [5, 5.41) is 0. The summed E-state index contributed by atoms with van der Waals surface area (Å²) in [6, 6.07) is 12.1. The molecule has 0 fully saturated rings. The minimum Gasteiger partial charge on any atom is -0.259 e. The van der Waals surface area contributed by atoms with Crippen molar-refractivity contribution in [2.75, 3.05) is 0 Å². The van der Waals surface area contributed by atoms with E-state index in [0.717, 1.165) is 24.2 Å². The van der Waals surface area contributed by atoms with Gasteiger partial charge >= 0.3 is 0 Å². The molecule has 0 amide bonds. The molecule has 0 radical (unpaired) electrons. The third-order valence-corrected chi connectivity index (χ3v) is 4.48. The average Bonchev–Trinajstić information content (AvgIpc) is 2.49. The molecule has 2 rings (SSSR count). The first-order valence-electron chi connectivity index (χ1n) is 6.79. The van der Waals surface area contributed by atoms with E-state index in [2.05, 4.69) is 45.0 Å². The fourth-order valence-corrected chi connectivity index (χ4v) is 2.95. The minimum absolute atomic E-state index is 0.273. The normalized spacial score (nSPS) is 11.5. The maximum Gasteiger partial charge on any atom is 0.109 e. The predicted octanol–water partition coefficient (Wildman–Crippen LogP) is 4.70. The molecule has 0 atom stereocenters. The highest BCUT2D eigenvalue weighted by atomic mass is 79.9. The zero-order valence-electron chi connectivity index (χ0n) is 11.2. The summed E-state index contributed by atoms with van der Waals surface area (Å²) >= 11 is 3.91. The van der Waals surface area contributed by atoms with Crippen molar-refractivity contribution >= 4 is 15.9 Å². The third-order valence-electron chi connectivity index (χ3n) is 3.27. The molecule has 2 aromatic rings. The van der Waals surface area contributed by atoms with Gasteiger partial charge in [-0.25, -0.2) is 0 Å². The molecule has 0 aliphatic rings. The van der Waals surface area contributed by atoms with Crippen LogP contribution in [0.5, 0.6) is 0 Å². The molecular weight excluding hydrogens is 300 g/mol. The fraction of sp³-hybridized carbons (Fsp3) is 0.375. The van der Waals surface area contributed by atoms with Gasteiger partial charge in [0.2, 0.25) is 0 Å². The zero-order valence-corrected chi connectivity index (χ0v) is 12.8. The molecule has 0 saturated carbocycles. The Morgan fingerprint density at radius 3 is 1.95 bits per heavy atom. The number of rotatable bonds is 6. The molecule has 0 bridgehead atoms. The van der Waals surface area contributed by atoms with Crippen LogP contribution in [0.3, 0.4) is 0 Å². The van der Waals surface area contributed by atoms with Gasteiger partial charge in [0, 0.05) is 12.4 Å². The van der Waals surface area contributed by atoms with Crippen LogP contribution in [0.1, 0.15) is 44.0 Å². The molecule has 2 heterocycles. The molecule has 19 heavy (non-hydrogen) atoms. The lowest BCUT2D eigenvalue weighted by Crippen LogP contribution is -2.22. The van der Waals surface area contributed by atoms with Crippen molar-refractivity contribution < 1.29 is 0 Å². The number of hydrogen-bond donors (Lipinski definition) is 0. The van der Waals surface area contributed by atoms with Crippen molar-refractivity contribution in [2.24, 2.45) is 0 Å². The second-order valence-electron chi connectivity index (χ2n) is 4.69. The van der Waals surface area contributed by atoms with Crippen LogP contribution in [0.25, 0.3) is 0 Å². The van der Waals surface area contributed by atoms with Gasteiger partial charge in [0.05, 0.1) is 11.4 Å². The summed E-state index contributed by atoms with van der Waals surface area (Å²) in [6.45, 7) is 2.22. The SMILES string of the molecule is CCCCCC(Br)(c1ccccn1)c1ccccn1. The van der Waals surface area contributed by atoms with E-state index in [0.29, 0.717) is 0 Å². The Labute approximate surface area is 123 Å². The van der Waals surface area contributed by atoms with Crippen LogP contribution in [0, 0.1) is 0 Å². The van der Waals surface area contributed by atoms with Crippen LogP contribution in [0.2, 0.25) is 0 Å². The summed E-state index contributed by atoms with van der Waals surface area (Å²) in [5.41, 5.74) is 2.06. The van der Waals surface area contributed by atoms with E-state index >= 15 is 0 Å². The number of unbranched alkanes of at least 4 members (excludes halogenated alkanes) is 2. The summed E-state index contributed by atoms with van der Waals surface area (Å²) in [4.78, 5) is 9.04. The van der Waals surface area contributed by atoms with Crippen LogP contribution in [0.4, 0.5) is 0 Å². The lowest BCUT2D eigenvalue weighted by molar-refractivity contribution is 0.572. The summed E-state index contributed by atoms with van der Waals surface area (Å²) in [5.74, 6) is 0. The number of aromatic nitrogens is 2. The second-order valence-corrected chi connectivity index (χ2v) is 6.04.